The zero-order chi connectivity index (χ0) is 28.0. The van der Waals surface area contributed by atoms with Gasteiger partial charge in [-0.1, -0.05) is 22.9 Å². The number of thiazole rings is 1. The fourth-order valence-corrected chi connectivity index (χ4v) is 6.92. The third-order valence-corrected chi connectivity index (χ3v) is 9.03. The fraction of sp³-hybridized carbons (Fsp3) is 0.345. The summed E-state index contributed by atoms with van der Waals surface area (Å²) in [5.41, 5.74) is 5.87. The number of anilines is 1. The van der Waals surface area contributed by atoms with Crippen LogP contribution in [0.3, 0.4) is 0 Å². The third kappa shape index (κ3) is 4.91. The predicted molar refractivity (Wildman–Crippen MR) is 157 cm³/mol. The molecule has 4 heterocycles. The van der Waals surface area contributed by atoms with Crippen molar-refractivity contribution >= 4 is 39.9 Å². The van der Waals surface area contributed by atoms with E-state index in [-0.39, 0.29) is 17.9 Å². The van der Waals surface area contributed by atoms with Crippen molar-refractivity contribution in [2.24, 2.45) is 0 Å². The topological polar surface area (TPSA) is 96.2 Å². The average Bonchev–Trinajstić information content (AvgIpc) is 3.53. The Hall–Kier alpha value is -3.60. The number of pyridine rings is 1. The fourth-order valence-electron chi connectivity index (χ4n) is 5.55. The highest BCUT2D eigenvalue weighted by molar-refractivity contribution is 7.19. The Morgan fingerprint density at radius 3 is 2.67 bits per heavy atom. The molecule has 0 atom stereocenters. The first kappa shape index (κ1) is 26.6. The number of halogens is 1. The maximum Gasteiger partial charge on any atom is 0.253 e. The molecular formula is C29H30ClN7O2S. The van der Waals surface area contributed by atoms with E-state index in [1.54, 1.807) is 18.5 Å². The van der Waals surface area contributed by atoms with E-state index in [0.717, 1.165) is 71.9 Å². The molecule has 1 aromatic carbocycles. The van der Waals surface area contributed by atoms with Crippen LogP contribution >= 0.6 is 22.9 Å². The number of nitrogens with zero attached hydrogens (tertiary/aromatic N) is 6. The number of aromatic nitrogens is 4. The number of hydrogen-bond donors (Lipinski definition) is 1. The molecule has 40 heavy (non-hydrogen) atoms. The number of carbonyl (C=O) groups is 2. The molecule has 0 bridgehead atoms. The van der Waals surface area contributed by atoms with Crippen molar-refractivity contribution in [1.82, 2.24) is 29.5 Å². The summed E-state index contributed by atoms with van der Waals surface area (Å²) in [7, 11) is 3.99. The number of piperidine rings is 1. The van der Waals surface area contributed by atoms with Gasteiger partial charge < -0.3 is 15.1 Å². The largest absolute Gasteiger partial charge is 0.339 e. The van der Waals surface area contributed by atoms with E-state index in [2.05, 4.69) is 27.2 Å². The van der Waals surface area contributed by atoms with Crippen LogP contribution in [0.15, 0.2) is 42.7 Å². The Bertz CT molecular complexity index is 1590. The summed E-state index contributed by atoms with van der Waals surface area (Å²) in [6, 6.07) is 9.53. The summed E-state index contributed by atoms with van der Waals surface area (Å²) in [5, 5.41) is 8.85. The van der Waals surface area contributed by atoms with Crippen molar-refractivity contribution in [1.29, 1.82) is 0 Å². The number of nitrogens with one attached hydrogen (secondary N) is 1. The van der Waals surface area contributed by atoms with Gasteiger partial charge in [0, 0.05) is 49.1 Å². The van der Waals surface area contributed by atoms with Gasteiger partial charge in [-0.3, -0.25) is 14.6 Å². The summed E-state index contributed by atoms with van der Waals surface area (Å²) < 4.78 is 1.85. The molecule has 1 aliphatic heterocycles. The molecule has 1 aliphatic carbocycles. The highest BCUT2D eigenvalue weighted by atomic mass is 35.5. The molecule has 11 heteroatoms. The molecule has 1 saturated heterocycles. The number of rotatable bonds is 5. The molecule has 4 aromatic rings. The zero-order valence-electron chi connectivity index (χ0n) is 22.6. The number of benzene rings is 1. The lowest BCUT2D eigenvalue weighted by Crippen LogP contribution is -2.44. The molecule has 1 N–H and O–H groups in total. The lowest BCUT2D eigenvalue weighted by Gasteiger charge is -2.35. The van der Waals surface area contributed by atoms with E-state index in [1.807, 2.05) is 40.9 Å². The van der Waals surface area contributed by atoms with Gasteiger partial charge in [0.2, 0.25) is 5.91 Å². The van der Waals surface area contributed by atoms with Gasteiger partial charge in [0.1, 0.15) is 0 Å². The van der Waals surface area contributed by atoms with Crippen LogP contribution in [0.1, 0.15) is 41.4 Å². The maximum atomic E-state index is 13.4. The first-order valence-electron chi connectivity index (χ1n) is 13.4. The molecule has 206 valence electrons. The van der Waals surface area contributed by atoms with Gasteiger partial charge in [0.25, 0.3) is 5.91 Å². The standard InChI is InChI=1S/C29H30ClN7O2S/c1-17(38)32-29-33-23-8-7-21-25(19-5-4-12-31-16-19)34-37(26(21)27(23)40-29)24-9-6-18(15-22(24)30)28(39)36(3)20-10-13-35(2)14-11-20/h4-6,9,12,15-16,20H,7-8,10-11,13-14H2,1-3H3,(H,32,33,38). The van der Waals surface area contributed by atoms with Crippen LogP contribution in [0.25, 0.3) is 27.5 Å². The molecule has 6 rings (SSSR count). The summed E-state index contributed by atoms with van der Waals surface area (Å²) in [6.45, 7) is 3.44. The summed E-state index contributed by atoms with van der Waals surface area (Å²) in [6.07, 6.45) is 6.94. The first-order valence-corrected chi connectivity index (χ1v) is 14.5. The van der Waals surface area contributed by atoms with E-state index in [1.165, 1.54) is 18.3 Å². The predicted octanol–water partition coefficient (Wildman–Crippen LogP) is 4.93. The maximum absolute atomic E-state index is 13.4. The molecule has 2 amide bonds. The smallest absolute Gasteiger partial charge is 0.253 e. The molecular weight excluding hydrogens is 546 g/mol. The second-order valence-electron chi connectivity index (χ2n) is 10.4. The molecule has 9 nitrogen and oxygen atoms in total. The van der Waals surface area contributed by atoms with E-state index in [9.17, 15) is 9.59 Å². The second kappa shape index (κ2) is 10.8. The molecule has 2 aliphatic rings. The monoisotopic (exact) mass is 575 g/mol. The molecule has 0 saturated carbocycles. The number of fused-ring (bicyclic) bond motifs is 3. The van der Waals surface area contributed by atoms with Gasteiger partial charge in [0.15, 0.2) is 5.13 Å². The first-order chi connectivity index (χ1) is 19.3. The molecule has 0 radical (unpaired) electrons. The number of aryl methyl sites for hydroxylation is 1. The van der Waals surface area contributed by atoms with Gasteiger partial charge in [-0.05, 0) is 76.2 Å². The lowest BCUT2D eigenvalue weighted by atomic mass is 9.95. The summed E-state index contributed by atoms with van der Waals surface area (Å²) in [5.74, 6) is -0.198. The zero-order valence-corrected chi connectivity index (χ0v) is 24.2. The summed E-state index contributed by atoms with van der Waals surface area (Å²) >= 11 is 8.33. The van der Waals surface area contributed by atoms with Gasteiger partial charge in [-0.15, -0.1) is 0 Å². The Kier molecular flexibility index (Phi) is 7.16. The van der Waals surface area contributed by atoms with Crippen molar-refractivity contribution in [2.45, 2.75) is 38.6 Å². The lowest BCUT2D eigenvalue weighted by molar-refractivity contribution is -0.114. The number of likely N-dealkylation sites (tertiary alicyclic amines) is 1. The second-order valence-corrected chi connectivity index (χ2v) is 11.8. The Balaban J connectivity index is 1.41. The van der Waals surface area contributed by atoms with Crippen molar-refractivity contribution in [2.75, 3.05) is 32.5 Å². The van der Waals surface area contributed by atoms with Crippen molar-refractivity contribution in [3.8, 4) is 27.5 Å². The van der Waals surface area contributed by atoms with Crippen LogP contribution in [0.5, 0.6) is 0 Å². The molecule has 3 aromatic heterocycles. The van der Waals surface area contributed by atoms with Gasteiger partial charge >= 0.3 is 0 Å². The van der Waals surface area contributed by atoms with Crippen LogP contribution in [0.4, 0.5) is 5.13 Å². The van der Waals surface area contributed by atoms with Gasteiger partial charge in [0.05, 0.1) is 32.7 Å². The van der Waals surface area contributed by atoms with E-state index < -0.39 is 0 Å². The minimum Gasteiger partial charge on any atom is -0.339 e. The molecule has 1 fully saturated rings. The SMILES string of the molecule is CC(=O)Nc1nc2c(s1)-c1c(c(-c3cccnc3)nn1-c1ccc(C(=O)N(C)C3CCN(C)CC3)cc1Cl)CC2. The summed E-state index contributed by atoms with van der Waals surface area (Å²) in [4.78, 5) is 39.2. The number of hydrogen-bond acceptors (Lipinski definition) is 7. The van der Waals surface area contributed by atoms with Crippen LogP contribution in [-0.2, 0) is 17.6 Å². The van der Waals surface area contributed by atoms with E-state index >= 15 is 0 Å². The molecule has 0 spiro atoms. The van der Waals surface area contributed by atoms with E-state index in [0.29, 0.717) is 21.4 Å². The van der Waals surface area contributed by atoms with Crippen LogP contribution in [-0.4, -0.2) is 74.6 Å². The number of amides is 2. The van der Waals surface area contributed by atoms with Crippen molar-refractivity contribution in [3.63, 3.8) is 0 Å². The Morgan fingerprint density at radius 2 is 1.98 bits per heavy atom. The normalized spacial score (nSPS) is 15.4. The Labute approximate surface area is 241 Å². The minimum absolute atomic E-state index is 0.0359. The van der Waals surface area contributed by atoms with Crippen LogP contribution in [0, 0.1) is 0 Å². The highest BCUT2D eigenvalue weighted by Gasteiger charge is 2.31. The quantitative estimate of drug-likeness (QED) is 0.362. The minimum atomic E-state index is -0.163. The van der Waals surface area contributed by atoms with E-state index in [4.69, 9.17) is 16.7 Å². The van der Waals surface area contributed by atoms with Gasteiger partial charge in [-0.25, -0.2) is 9.67 Å². The van der Waals surface area contributed by atoms with Crippen LogP contribution < -0.4 is 5.32 Å². The highest BCUT2D eigenvalue weighted by Crippen LogP contribution is 2.44. The van der Waals surface area contributed by atoms with Crippen molar-refractivity contribution in [3.05, 3.63) is 64.6 Å². The van der Waals surface area contributed by atoms with Crippen LogP contribution in [0.2, 0.25) is 5.02 Å². The molecule has 0 unspecified atom stereocenters. The average molecular weight is 576 g/mol. The third-order valence-electron chi connectivity index (χ3n) is 7.70. The Morgan fingerprint density at radius 1 is 1.18 bits per heavy atom. The number of carbonyl (C=O) groups excluding carboxylic acids is 2. The van der Waals surface area contributed by atoms with Crippen molar-refractivity contribution < 1.29 is 9.59 Å². The van der Waals surface area contributed by atoms with Gasteiger partial charge in [-0.2, -0.15) is 5.10 Å².